The van der Waals surface area contributed by atoms with Crippen molar-refractivity contribution in [3.8, 4) is 0 Å². The summed E-state index contributed by atoms with van der Waals surface area (Å²) >= 11 is 0. The first-order valence-corrected chi connectivity index (χ1v) is 6.74. The second-order valence-electron chi connectivity index (χ2n) is 3.21. The summed E-state index contributed by atoms with van der Waals surface area (Å²) in [5.74, 6) is 0. The summed E-state index contributed by atoms with van der Waals surface area (Å²) in [7, 11) is 3.36. The molecule has 0 saturated heterocycles. The molecular weight excluding hydrogens is 224 g/mol. The molecule has 1 aliphatic heterocycles. The molecule has 1 aromatic rings. The van der Waals surface area contributed by atoms with Gasteiger partial charge in [-0.15, -0.1) is 0 Å². The summed E-state index contributed by atoms with van der Waals surface area (Å²) in [6, 6.07) is 10.2. The molecular formula is C12H10OS2. The third kappa shape index (κ3) is 2.36. The molecule has 0 N–H and O–H groups in total. The molecule has 0 atom stereocenters. The smallest absolute Gasteiger partial charge is 0.146 e. The average molecular weight is 234 g/mol. The van der Waals surface area contributed by atoms with E-state index in [-0.39, 0.29) is 0 Å². The highest BCUT2D eigenvalue weighted by atomic mass is 33.1. The maximum absolute atomic E-state index is 10.6. The zero-order valence-corrected chi connectivity index (χ0v) is 9.90. The average Bonchev–Trinajstić information content (AvgIpc) is 2.78. The second-order valence-corrected chi connectivity index (χ2v) is 5.42. The van der Waals surface area contributed by atoms with E-state index in [2.05, 4.69) is 18.2 Å². The molecule has 1 aromatic carbocycles. The maximum atomic E-state index is 10.6. The number of benzene rings is 1. The standard InChI is InChI=1S/C12H10OS2/c1-9(8-13)11-7-12(15-14-11)10-5-3-2-4-6-10/h2-8H,1H3/b11-9-. The highest BCUT2D eigenvalue weighted by Gasteiger charge is 2.14. The van der Waals surface area contributed by atoms with Crippen molar-refractivity contribution in [1.29, 1.82) is 0 Å². The van der Waals surface area contributed by atoms with Crippen LogP contribution in [0.2, 0.25) is 0 Å². The minimum absolute atomic E-state index is 0.804. The molecule has 1 aliphatic rings. The van der Waals surface area contributed by atoms with Crippen LogP contribution in [0.1, 0.15) is 12.5 Å². The van der Waals surface area contributed by atoms with Crippen LogP contribution in [0.3, 0.4) is 0 Å². The van der Waals surface area contributed by atoms with Crippen LogP contribution in [-0.2, 0) is 4.79 Å². The third-order valence-corrected chi connectivity index (χ3v) is 4.67. The Hall–Kier alpha value is -0.930. The van der Waals surface area contributed by atoms with Crippen LogP contribution in [0.15, 0.2) is 46.9 Å². The molecule has 0 amide bonds. The predicted octanol–water partition coefficient (Wildman–Crippen LogP) is 3.90. The summed E-state index contributed by atoms with van der Waals surface area (Å²) in [5, 5.41) is 0. The maximum Gasteiger partial charge on any atom is 0.146 e. The molecule has 0 bridgehead atoms. The van der Waals surface area contributed by atoms with Gasteiger partial charge in [-0.05, 0) is 18.6 Å². The van der Waals surface area contributed by atoms with Crippen molar-refractivity contribution in [3.05, 3.63) is 52.4 Å². The largest absolute Gasteiger partial charge is 0.298 e. The fourth-order valence-electron chi connectivity index (χ4n) is 1.23. The van der Waals surface area contributed by atoms with Crippen LogP contribution in [0, 0.1) is 0 Å². The topological polar surface area (TPSA) is 17.1 Å². The lowest BCUT2D eigenvalue weighted by molar-refractivity contribution is -0.104. The molecule has 0 spiro atoms. The minimum Gasteiger partial charge on any atom is -0.298 e. The van der Waals surface area contributed by atoms with Gasteiger partial charge in [0.05, 0.1) is 0 Å². The van der Waals surface area contributed by atoms with Gasteiger partial charge in [0.2, 0.25) is 0 Å². The van der Waals surface area contributed by atoms with Crippen molar-refractivity contribution >= 4 is 32.8 Å². The van der Waals surface area contributed by atoms with Crippen LogP contribution >= 0.6 is 21.6 Å². The lowest BCUT2D eigenvalue weighted by atomic mass is 10.2. The Morgan fingerprint density at radius 1 is 1.20 bits per heavy atom. The normalized spacial score (nSPS) is 18.6. The number of carbonyl (C=O) groups is 1. The van der Waals surface area contributed by atoms with Gasteiger partial charge < -0.3 is 0 Å². The van der Waals surface area contributed by atoms with Gasteiger partial charge in [-0.2, -0.15) is 0 Å². The molecule has 0 unspecified atom stereocenters. The Morgan fingerprint density at radius 2 is 1.93 bits per heavy atom. The van der Waals surface area contributed by atoms with Gasteiger partial charge in [0.25, 0.3) is 0 Å². The Balaban J connectivity index is 2.32. The predicted molar refractivity (Wildman–Crippen MR) is 68.4 cm³/mol. The first kappa shape index (κ1) is 10.6. The highest BCUT2D eigenvalue weighted by Crippen LogP contribution is 2.50. The molecule has 2 rings (SSSR count). The Kier molecular flexibility index (Phi) is 3.34. The zero-order chi connectivity index (χ0) is 10.7. The second kappa shape index (κ2) is 4.73. The fraction of sp³-hybridized carbons (Fsp3) is 0.0833. The SMILES string of the molecule is C/C(C=O)=C1\C=C(c2ccccc2)SS1. The molecule has 0 aromatic heterocycles. The third-order valence-electron chi connectivity index (χ3n) is 2.11. The number of aldehydes is 1. The molecule has 15 heavy (non-hydrogen) atoms. The van der Waals surface area contributed by atoms with E-state index in [4.69, 9.17) is 0 Å². The summed E-state index contributed by atoms with van der Waals surface area (Å²) in [4.78, 5) is 12.9. The van der Waals surface area contributed by atoms with Gasteiger partial charge in [0, 0.05) is 15.4 Å². The number of hydrogen-bond acceptors (Lipinski definition) is 3. The van der Waals surface area contributed by atoms with E-state index < -0.39 is 0 Å². The van der Waals surface area contributed by atoms with Gasteiger partial charge in [-0.25, -0.2) is 0 Å². The van der Waals surface area contributed by atoms with Crippen LogP contribution in [0.4, 0.5) is 0 Å². The van der Waals surface area contributed by atoms with Crippen molar-refractivity contribution < 1.29 is 4.79 Å². The number of rotatable bonds is 2. The molecule has 0 saturated carbocycles. The van der Waals surface area contributed by atoms with E-state index in [0.717, 1.165) is 16.8 Å². The quantitative estimate of drug-likeness (QED) is 0.439. The fourth-order valence-corrected chi connectivity index (χ4v) is 3.74. The molecule has 0 aliphatic carbocycles. The lowest BCUT2D eigenvalue weighted by Gasteiger charge is -1.97. The Labute approximate surface area is 97.0 Å². The monoisotopic (exact) mass is 234 g/mol. The van der Waals surface area contributed by atoms with Gasteiger partial charge in [0.15, 0.2) is 0 Å². The van der Waals surface area contributed by atoms with Gasteiger partial charge >= 0.3 is 0 Å². The Bertz CT molecular complexity index is 432. The van der Waals surface area contributed by atoms with Gasteiger partial charge in [-0.3, -0.25) is 4.79 Å². The van der Waals surface area contributed by atoms with Crippen LogP contribution in [0.5, 0.6) is 0 Å². The zero-order valence-electron chi connectivity index (χ0n) is 8.27. The van der Waals surface area contributed by atoms with E-state index in [1.54, 1.807) is 21.6 Å². The van der Waals surface area contributed by atoms with E-state index in [1.165, 1.54) is 10.5 Å². The van der Waals surface area contributed by atoms with E-state index >= 15 is 0 Å². The van der Waals surface area contributed by atoms with E-state index in [0.29, 0.717) is 0 Å². The first-order valence-electron chi connectivity index (χ1n) is 4.59. The van der Waals surface area contributed by atoms with Crippen molar-refractivity contribution in [2.45, 2.75) is 6.92 Å². The van der Waals surface area contributed by atoms with E-state index in [1.807, 2.05) is 25.1 Å². The van der Waals surface area contributed by atoms with Crippen LogP contribution < -0.4 is 0 Å². The molecule has 0 fully saturated rings. The molecule has 1 nitrogen and oxygen atoms in total. The highest BCUT2D eigenvalue weighted by molar-refractivity contribution is 8.82. The van der Waals surface area contributed by atoms with Crippen molar-refractivity contribution in [2.24, 2.45) is 0 Å². The van der Waals surface area contributed by atoms with Gasteiger partial charge in [-0.1, -0.05) is 51.9 Å². The number of allylic oxidation sites excluding steroid dienone is 2. The van der Waals surface area contributed by atoms with Crippen molar-refractivity contribution in [3.63, 3.8) is 0 Å². The van der Waals surface area contributed by atoms with E-state index in [9.17, 15) is 4.79 Å². The van der Waals surface area contributed by atoms with Gasteiger partial charge in [0.1, 0.15) is 6.29 Å². The summed E-state index contributed by atoms with van der Waals surface area (Å²) in [6.45, 7) is 1.85. The summed E-state index contributed by atoms with van der Waals surface area (Å²) < 4.78 is 0. The lowest BCUT2D eigenvalue weighted by Crippen LogP contribution is -1.79. The number of hydrogen-bond donors (Lipinski definition) is 0. The molecule has 3 heteroatoms. The first-order chi connectivity index (χ1) is 7.31. The van der Waals surface area contributed by atoms with Crippen molar-refractivity contribution in [2.75, 3.05) is 0 Å². The summed E-state index contributed by atoms with van der Waals surface area (Å²) in [6.07, 6.45) is 2.99. The summed E-state index contributed by atoms with van der Waals surface area (Å²) in [5.41, 5.74) is 2.02. The molecule has 76 valence electrons. The molecule has 0 radical (unpaired) electrons. The number of carbonyl (C=O) groups excluding carboxylic acids is 1. The van der Waals surface area contributed by atoms with Crippen LogP contribution in [0.25, 0.3) is 4.91 Å². The van der Waals surface area contributed by atoms with Crippen LogP contribution in [-0.4, -0.2) is 6.29 Å². The Morgan fingerprint density at radius 3 is 2.60 bits per heavy atom. The molecule has 1 heterocycles. The van der Waals surface area contributed by atoms with Crippen molar-refractivity contribution in [1.82, 2.24) is 0 Å². The minimum atomic E-state index is 0.804.